The van der Waals surface area contributed by atoms with Gasteiger partial charge in [-0.05, 0) is 43.3 Å². The van der Waals surface area contributed by atoms with Crippen LogP contribution in [0.25, 0.3) is 10.9 Å². The van der Waals surface area contributed by atoms with Crippen molar-refractivity contribution in [1.82, 2.24) is 9.88 Å². The predicted octanol–water partition coefficient (Wildman–Crippen LogP) is 5.16. The van der Waals surface area contributed by atoms with Gasteiger partial charge in [-0.25, -0.2) is 4.99 Å². The lowest BCUT2D eigenvalue weighted by atomic mass is 10.0. The highest BCUT2D eigenvalue weighted by Crippen LogP contribution is 2.33. The molecule has 4 aromatic rings. The average molecular weight is 426 g/mol. The van der Waals surface area contributed by atoms with E-state index in [4.69, 9.17) is 4.99 Å². The number of nitro groups is 1. The number of benzene rings is 3. The Bertz CT molecular complexity index is 1310. The molecule has 1 saturated heterocycles. The second kappa shape index (κ2) is 8.28. The topological polar surface area (TPSA) is 94.8 Å². The van der Waals surface area contributed by atoms with E-state index in [1.165, 1.54) is 24.1 Å². The van der Waals surface area contributed by atoms with Crippen LogP contribution in [-0.2, 0) is 6.54 Å². The number of aromatic amines is 1. The van der Waals surface area contributed by atoms with Crippen molar-refractivity contribution in [1.29, 1.82) is 0 Å². The van der Waals surface area contributed by atoms with Crippen LogP contribution < -0.4 is 0 Å². The van der Waals surface area contributed by atoms with E-state index in [9.17, 15) is 15.2 Å². The SMILES string of the molecule is O=[N+]([O-])c1ccc2[nH]c(O)c(C(=Nc3ccc(CN4CCC4)cc3)c3ccccc3)c2c1. The highest BCUT2D eigenvalue weighted by Gasteiger charge is 2.21. The zero-order valence-corrected chi connectivity index (χ0v) is 17.4. The van der Waals surface area contributed by atoms with Gasteiger partial charge in [0.15, 0.2) is 5.88 Å². The summed E-state index contributed by atoms with van der Waals surface area (Å²) in [4.78, 5) is 21.1. The van der Waals surface area contributed by atoms with Crippen LogP contribution in [0.4, 0.5) is 11.4 Å². The fourth-order valence-electron chi connectivity index (χ4n) is 3.98. The van der Waals surface area contributed by atoms with E-state index in [2.05, 4.69) is 22.0 Å². The number of aromatic hydroxyl groups is 1. The third kappa shape index (κ3) is 3.86. The van der Waals surface area contributed by atoms with E-state index >= 15 is 0 Å². The first-order chi connectivity index (χ1) is 15.6. The number of aliphatic imine (C=N–C) groups is 1. The molecule has 0 unspecified atom stereocenters. The number of nitrogens with one attached hydrogen (secondary N) is 1. The number of hydrogen-bond acceptors (Lipinski definition) is 5. The molecule has 1 aliphatic rings. The van der Waals surface area contributed by atoms with E-state index < -0.39 is 4.92 Å². The van der Waals surface area contributed by atoms with Gasteiger partial charge in [-0.15, -0.1) is 0 Å². The van der Waals surface area contributed by atoms with Gasteiger partial charge in [0.05, 0.1) is 21.9 Å². The Morgan fingerprint density at radius 2 is 1.81 bits per heavy atom. The van der Waals surface area contributed by atoms with Gasteiger partial charge < -0.3 is 10.1 Å². The van der Waals surface area contributed by atoms with Crippen LogP contribution in [0.5, 0.6) is 5.88 Å². The summed E-state index contributed by atoms with van der Waals surface area (Å²) in [5, 5.41) is 22.6. The lowest BCUT2D eigenvalue weighted by Crippen LogP contribution is -2.36. The normalized spacial score (nSPS) is 14.4. The lowest BCUT2D eigenvalue weighted by Gasteiger charge is -2.30. The van der Waals surface area contributed by atoms with Crippen molar-refractivity contribution in [3.8, 4) is 5.88 Å². The third-order valence-electron chi connectivity index (χ3n) is 5.79. The zero-order chi connectivity index (χ0) is 22.1. The van der Waals surface area contributed by atoms with Crippen LogP contribution in [-0.4, -0.2) is 38.7 Å². The smallest absolute Gasteiger partial charge is 0.270 e. The van der Waals surface area contributed by atoms with E-state index in [-0.39, 0.29) is 11.6 Å². The van der Waals surface area contributed by atoms with Crippen LogP contribution in [0, 0.1) is 10.1 Å². The summed E-state index contributed by atoms with van der Waals surface area (Å²) in [6.45, 7) is 3.22. The minimum Gasteiger partial charge on any atom is -0.494 e. The quantitative estimate of drug-likeness (QED) is 0.253. The molecular formula is C25H22N4O3. The number of fused-ring (bicyclic) bond motifs is 1. The molecule has 1 aromatic heterocycles. The Kier molecular flexibility index (Phi) is 5.17. The minimum atomic E-state index is -0.441. The maximum atomic E-state index is 11.3. The molecule has 0 atom stereocenters. The van der Waals surface area contributed by atoms with Crippen molar-refractivity contribution in [2.75, 3.05) is 13.1 Å². The first-order valence-corrected chi connectivity index (χ1v) is 10.5. The number of rotatable bonds is 6. The summed E-state index contributed by atoms with van der Waals surface area (Å²) in [5.74, 6) is -0.0718. The maximum Gasteiger partial charge on any atom is 0.270 e. The van der Waals surface area contributed by atoms with Crippen molar-refractivity contribution in [3.63, 3.8) is 0 Å². The molecule has 0 spiro atoms. The Hall–Kier alpha value is -3.97. The van der Waals surface area contributed by atoms with Crippen LogP contribution in [0.2, 0.25) is 0 Å². The van der Waals surface area contributed by atoms with Crippen LogP contribution in [0.1, 0.15) is 23.1 Å². The lowest BCUT2D eigenvalue weighted by molar-refractivity contribution is -0.384. The fourth-order valence-corrected chi connectivity index (χ4v) is 3.98. The second-order valence-corrected chi connectivity index (χ2v) is 7.96. The molecule has 32 heavy (non-hydrogen) atoms. The molecule has 7 nitrogen and oxygen atoms in total. The number of nitrogens with zero attached hydrogens (tertiary/aromatic N) is 3. The summed E-state index contributed by atoms with van der Waals surface area (Å²) < 4.78 is 0. The first kappa shape index (κ1) is 20.0. The summed E-state index contributed by atoms with van der Waals surface area (Å²) in [6.07, 6.45) is 1.26. The van der Waals surface area contributed by atoms with Gasteiger partial charge in [-0.1, -0.05) is 42.5 Å². The van der Waals surface area contributed by atoms with Crippen molar-refractivity contribution in [2.45, 2.75) is 13.0 Å². The summed E-state index contributed by atoms with van der Waals surface area (Å²) in [5.41, 5.74) is 4.34. The maximum absolute atomic E-state index is 11.3. The molecule has 2 heterocycles. The third-order valence-corrected chi connectivity index (χ3v) is 5.79. The Morgan fingerprint density at radius 3 is 2.47 bits per heavy atom. The van der Waals surface area contributed by atoms with E-state index in [0.717, 1.165) is 30.9 Å². The number of likely N-dealkylation sites (tertiary alicyclic amines) is 1. The molecule has 0 radical (unpaired) electrons. The highest BCUT2D eigenvalue weighted by molar-refractivity contribution is 6.22. The van der Waals surface area contributed by atoms with Crippen molar-refractivity contribution >= 4 is 28.0 Å². The predicted molar refractivity (Wildman–Crippen MR) is 125 cm³/mol. The number of nitro benzene ring substituents is 1. The molecule has 1 fully saturated rings. The minimum absolute atomic E-state index is 0.0412. The number of hydrogen-bond donors (Lipinski definition) is 2. The van der Waals surface area contributed by atoms with Crippen LogP contribution in [0.15, 0.2) is 77.8 Å². The van der Waals surface area contributed by atoms with Gasteiger partial charge in [-0.2, -0.15) is 0 Å². The van der Waals surface area contributed by atoms with Crippen molar-refractivity contribution in [3.05, 3.63) is 99.6 Å². The molecule has 0 bridgehead atoms. The number of non-ortho nitro benzene ring substituents is 1. The molecule has 1 aliphatic heterocycles. The number of H-pyrrole nitrogens is 1. The Morgan fingerprint density at radius 1 is 1.06 bits per heavy atom. The van der Waals surface area contributed by atoms with Gasteiger partial charge in [0, 0.05) is 35.1 Å². The van der Waals surface area contributed by atoms with E-state index in [0.29, 0.717) is 22.2 Å². The fraction of sp³-hybridized carbons (Fsp3) is 0.160. The number of aromatic nitrogens is 1. The molecule has 0 saturated carbocycles. The molecular weight excluding hydrogens is 404 g/mol. The van der Waals surface area contributed by atoms with Gasteiger partial charge >= 0.3 is 0 Å². The monoisotopic (exact) mass is 426 g/mol. The molecule has 7 heteroatoms. The average Bonchev–Trinajstić information content (AvgIpc) is 3.11. The largest absolute Gasteiger partial charge is 0.494 e. The molecule has 0 aliphatic carbocycles. The Balaban J connectivity index is 1.61. The molecule has 5 rings (SSSR count). The molecule has 0 amide bonds. The van der Waals surface area contributed by atoms with Gasteiger partial charge in [-0.3, -0.25) is 15.0 Å². The van der Waals surface area contributed by atoms with Crippen molar-refractivity contribution < 1.29 is 10.0 Å². The molecule has 2 N–H and O–H groups in total. The van der Waals surface area contributed by atoms with Crippen molar-refractivity contribution in [2.24, 2.45) is 4.99 Å². The molecule has 3 aromatic carbocycles. The summed E-state index contributed by atoms with van der Waals surface area (Å²) in [7, 11) is 0. The highest BCUT2D eigenvalue weighted by atomic mass is 16.6. The summed E-state index contributed by atoms with van der Waals surface area (Å²) >= 11 is 0. The molecule has 160 valence electrons. The zero-order valence-electron chi connectivity index (χ0n) is 17.4. The Labute approximate surface area is 184 Å². The van der Waals surface area contributed by atoms with Gasteiger partial charge in [0.1, 0.15) is 0 Å². The van der Waals surface area contributed by atoms with E-state index in [1.807, 2.05) is 42.5 Å². The van der Waals surface area contributed by atoms with Crippen LogP contribution >= 0.6 is 0 Å². The van der Waals surface area contributed by atoms with E-state index in [1.54, 1.807) is 6.07 Å². The summed E-state index contributed by atoms with van der Waals surface area (Å²) in [6, 6.07) is 22.1. The van der Waals surface area contributed by atoms with Crippen LogP contribution in [0.3, 0.4) is 0 Å². The van der Waals surface area contributed by atoms with Gasteiger partial charge in [0.25, 0.3) is 5.69 Å². The first-order valence-electron chi connectivity index (χ1n) is 10.5. The standard InChI is InChI=1S/C25H22N4O3/c30-25-23(21-15-20(29(31)32)11-12-22(21)27-25)24(18-5-2-1-3-6-18)26-19-9-7-17(8-10-19)16-28-13-4-14-28/h1-3,5-12,15,27,30H,4,13-14,16H2. The van der Waals surface area contributed by atoms with Gasteiger partial charge in [0.2, 0.25) is 0 Å². The second-order valence-electron chi connectivity index (χ2n) is 7.96.